The normalized spacial score (nSPS) is 11.2. The molecule has 0 aliphatic rings. The van der Waals surface area contributed by atoms with E-state index in [1.807, 2.05) is 0 Å². The molecular weight excluding hydrogens is 211 g/mol. The molecule has 0 saturated heterocycles. The second-order valence-corrected chi connectivity index (χ2v) is 7.95. The fourth-order valence-corrected chi connectivity index (χ4v) is 2.95. The summed E-state index contributed by atoms with van der Waals surface area (Å²) >= 11 is 0. The van der Waals surface area contributed by atoms with Crippen molar-refractivity contribution in [1.29, 1.82) is 0 Å². The highest BCUT2D eigenvalue weighted by atomic mass is 31.1. The molecule has 0 aromatic heterocycles. The Bertz CT molecular complexity index is 121. The smallest absolute Gasteiger partial charge is 0.0331 e. The maximum atomic E-state index is 2.39. The summed E-state index contributed by atoms with van der Waals surface area (Å²) in [4.78, 5) is 0. The van der Waals surface area contributed by atoms with E-state index < -0.39 is 0 Å². The predicted octanol–water partition coefficient (Wildman–Crippen LogP) is 6.04. The van der Waals surface area contributed by atoms with Crippen LogP contribution in [0.3, 0.4) is 0 Å². The first-order valence-electron chi connectivity index (χ1n) is 7.42. The Kier molecular flexibility index (Phi) is 13.9. The van der Waals surface area contributed by atoms with E-state index in [-0.39, 0.29) is 0 Å². The van der Waals surface area contributed by atoms with Gasteiger partial charge in [-0.05, 0) is 25.9 Å². The minimum atomic E-state index is 0.363. The van der Waals surface area contributed by atoms with Gasteiger partial charge in [-0.3, -0.25) is 0 Å². The van der Waals surface area contributed by atoms with Crippen LogP contribution in [0.15, 0.2) is 0 Å². The third-order valence-corrected chi connectivity index (χ3v) is 4.42. The average molecular weight is 244 g/mol. The van der Waals surface area contributed by atoms with E-state index in [1.165, 1.54) is 76.8 Å². The van der Waals surface area contributed by atoms with Crippen molar-refractivity contribution in [3.63, 3.8) is 0 Å². The van der Waals surface area contributed by atoms with E-state index in [0.29, 0.717) is 7.92 Å². The van der Waals surface area contributed by atoms with Crippen LogP contribution >= 0.6 is 7.92 Å². The Balaban J connectivity index is 2.88. The minimum absolute atomic E-state index is 0.363. The van der Waals surface area contributed by atoms with Crippen molar-refractivity contribution in [3.8, 4) is 0 Å². The summed E-state index contributed by atoms with van der Waals surface area (Å²) in [5.74, 6) is 0. The van der Waals surface area contributed by atoms with E-state index in [1.54, 1.807) is 0 Å². The van der Waals surface area contributed by atoms with Crippen molar-refractivity contribution in [2.75, 3.05) is 19.5 Å². The van der Waals surface area contributed by atoms with Crippen LogP contribution in [0.5, 0.6) is 0 Å². The van der Waals surface area contributed by atoms with E-state index in [2.05, 4.69) is 20.3 Å². The fourth-order valence-electron chi connectivity index (χ4n) is 2.09. The molecule has 0 heterocycles. The summed E-state index contributed by atoms with van der Waals surface area (Å²) in [6.07, 6.45) is 17.6. The van der Waals surface area contributed by atoms with Gasteiger partial charge in [0.05, 0.1) is 0 Å². The standard InChI is InChI=1S/C15H33P/c1-4-5-6-7-8-9-10-11-12-13-14-15-16(2)3/h4-15H2,1-3H3. The molecule has 0 aromatic rings. The molecule has 0 unspecified atom stereocenters. The first-order valence-corrected chi connectivity index (χ1v) is 9.84. The van der Waals surface area contributed by atoms with Crippen molar-refractivity contribution in [1.82, 2.24) is 0 Å². The molecule has 0 bridgehead atoms. The molecule has 0 aromatic carbocycles. The molecule has 0 saturated carbocycles. The van der Waals surface area contributed by atoms with E-state index in [9.17, 15) is 0 Å². The molecule has 0 amide bonds. The van der Waals surface area contributed by atoms with Crippen LogP contribution in [0.4, 0.5) is 0 Å². The van der Waals surface area contributed by atoms with Crippen molar-refractivity contribution < 1.29 is 0 Å². The molecule has 0 aliphatic carbocycles. The maximum Gasteiger partial charge on any atom is -0.0331 e. The topological polar surface area (TPSA) is 0 Å². The van der Waals surface area contributed by atoms with Gasteiger partial charge in [0.25, 0.3) is 0 Å². The maximum absolute atomic E-state index is 2.39. The molecule has 0 N–H and O–H groups in total. The van der Waals surface area contributed by atoms with Crippen LogP contribution in [0.2, 0.25) is 0 Å². The minimum Gasteiger partial charge on any atom is -0.113 e. The summed E-state index contributed by atoms with van der Waals surface area (Å²) in [6, 6.07) is 0. The van der Waals surface area contributed by atoms with E-state index >= 15 is 0 Å². The number of hydrogen-bond acceptors (Lipinski definition) is 0. The third kappa shape index (κ3) is 14.4. The van der Waals surface area contributed by atoms with Crippen LogP contribution in [-0.2, 0) is 0 Å². The van der Waals surface area contributed by atoms with Crippen molar-refractivity contribution in [3.05, 3.63) is 0 Å². The second kappa shape index (κ2) is 13.5. The summed E-state index contributed by atoms with van der Waals surface area (Å²) in [7, 11) is 0.363. The molecule has 0 atom stereocenters. The molecule has 98 valence electrons. The van der Waals surface area contributed by atoms with E-state index in [4.69, 9.17) is 0 Å². The largest absolute Gasteiger partial charge is 0.113 e. The third-order valence-electron chi connectivity index (χ3n) is 3.21. The SMILES string of the molecule is CCCCCCCCCCCCCP(C)C. The van der Waals surface area contributed by atoms with Gasteiger partial charge in [0, 0.05) is 0 Å². The lowest BCUT2D eigenvalue weighted by molar-refractivity contribution is 0.555. The van der Waals surface area contributed by atoms with Crippen LogP contribution in [0.25, 0.3) is 0 Å². The van der Waals surface area contributed by atoms with Crippen molar-refractivity contribution in [2.24, 2.45) is 0 Å². The second-order valence-electron chi connectivity index (χ2n) is 5.34. The summed E-state index contributed by atoms with van der Waals surface area (Å²) in [5, 5.41) is 0. The first kappa shape index (κ1) is 16.4. The van der Waals surface area contributed by atoms with Gasteiger partial charge in [-0.25, -0.2) is 0 Å². The highest BCUT2D eigenvalue weighted by Gasteiger charge is 1.94. The van der Waals surface area contributed by atoms with E-state index in [0.717, 1.165) is 0 Å². The van der Waals surface area contributed by atoms with Crippen molar-refractivity contribution in [2.45, 2.75) is 77.6 Å². The number of unbranched alkanes of at least 4 members (excludes halogenated alkanes) is 10. The Morgan fingerprint density at radius 3 is 1.31 bits per heavy atom. The zero-order valence-corrected chi connectivity index (χ0v) is 12.8. The zero-order valence-electron chi connectivity index (χ0n) is 11.9. The average Bonchev–Trinajstić information content (AvgIpc) is 2.25. The van der Waals surface area contributed by atoms with Crippen LogP contribution in [0.1, 0.15) is 77.6 Å². The molecular formula is C15H33P. The zero-order chi connectivity index (χ0) is 12.1. The van der Waals surface area contributed by atoms with Crippen LogP contribution in [0, 0.1) is 0 Å². The predicted molar refractivity (Wildman–Crippen MR) is 80.1 cm³/mol. The highest BCUT2D eigenvalue weighted by molar-refractivity contribution is 7.55. The molecule has 0 spiro atoms. The monoisotopic (exact) mass is 244 g/mol. The van der Waals surface area contributed by atoms with Gasteiger partial charge >= 0.3 is 0 Å². The molecule has 0 radical (unpaired) electrons. The van der Waals surface area contributed by atoms with Gasteiger partial charge in [-0.1, -0.05) is 71.1 Å². The van der Waals surface area contributed by atoms with Gasteiger partial charge in [0.2, 0.25) is 0 Å². The van der Waals surface area contributed by atoms with Crippen LogP contribution in [-0.4, -0.2) is 19.5 Å². The Labute approximate surface area is 105 Å². The molecule has 0 aliphatic heterocycles. The quantitative estimate of drug-likeness (QED) is 0.290. The lowest BCUT2D eigenvalue weighted by atomic mass is 10.1. The Morgan fingerprint density at radius 2 is 0.938 bits per heavy atom. The first-order chi connectivity index (χ1) is 7.77. The van der Waals surface area contributed by atoms with Gasteiger partial charge in [0.1, 0.15) is 0 Å². The fraction of sp³-hybridized carbons (Fsp3) is 1.00. The van der Waals surface area contributed by atoms with Gasteiger partial charge in [0.15, 0.2) is 0 Å². The molecule has 0 nitrogen and oxygen atoms in total. The lowest BCUT2D eigenvalue weighted by Gasteiger charge is -2.05. The van der Waals surface area contributed by atoms with Crippen LogP contribution < -0.4 is 0 Å². The molecule has 1 heteroatoms. The summed E-state index contributed by atoms with van der Waals surface area (Å²) in [6.45, 7) is 7.08. The van der Waals surface area contributed by atoms with Gasteiger partial charge < -0.3 is 0 Å². The number of rotatable bonds is 12. The summed E-state index contributed by atoms with van der Waals surface area (Å²) < 4.78 is 0. The van der Waals surface area contributed by atoms with Gasteiger partial charge in [-0.2, -0.15) is 0 Å². The molecule has 16 heavy (non-hydrogen) atoms. The highest BCUT2D eigenvalue weighted by Crippen LogP contribution is 2.26. The summed E-state index contributed by atoms with van der Waals surface area (Å²) in [5.41, 5.74) is 0. The van der Waals surface area contributed by atoms with Crippen molar-refractivity contribution >= 4 is 7.92 Å². The lowest BCUT2D eigenvalue weighted by Crippen LogP contribution is -1.84. The van der Waals surface area contributed by atoms with Gasteiger partial charge in [-0.15, -0.1) is 7.92 Å². The molecule has 0 rings (SSSR count). The Hall–Kier alpha value is 0.430. The Morgan fingerprint density at radius 1 is 0.562 bits per heavy atom. The number of hydrogen-bond donors (Lipinski definition) is 0. The molecule has 0 fully saturated rings.